The van der Waals surface area contributed by atoms with Gasteiger partial charge in [0.15, 0.2) is 5.79 Å². The van der Waals surface area contributed by atoms with Crippen molar-refractivity contribution in [3.8, 4) is 0 Å². The van der Waals surface area contributed by atoms with Gasteiger partial charge < -0.3 is 20.4 Å². The first-order chi connectivity index (χ1) is 11.5. The average Bonchev–Trinajstić information content (AvgIpc) is 3.06. The summed E-state index contributed by atoms with van der Waals surface area (Å²) in [6.45, 7) is 0. The summed E-state index contributed by atoms with van der Waals surface area (Å²) in [4.78, 5) is 12.9. The molecule has 4 rings (SSSR count). The van der Waals surface area contributed by atoms with Gasteiger partial charge in [-0.25, -0.2) is 9.97 Å². The zero-order chi connectivity index (χ0) is 16.9. The van der Waals surface area contributed by atoms with E-state index in [0.29, 0.717) is 30.5 Å². The first kappa shape index (κ1) is 16.2. The smallest absolute Gasteiger partial charge is 0.191 e. The molecule has 2 aliphatic rings. The molecule has 130 valence electrons. The number of aryl methyl sites for hydroxylation is 1. The molecule has 2 aliphatic carbocycles. The summed E-state index contributed by atoms with van der Waals surface area (Å²) in [5, 5.41) is 25.0. The lowest BCUT2D eigenvalue weighted by molar-refractivity contribution is -0.165. The highest BCUT2D eigenvalue weighted by Crippen LogP contribution is 2.46. The molecule has 0 aromatic carbocycles. The number of rotatable bonds is 3. The van der Waals surface area contributed by atoms with E-state index in [1.807, 2.05) is 0 Å². The summed E-state index contributed by atoms with van der Waals surface area (Å²) in [5.41, 5.74) is 0.618. The fourth-order valence-corrected chi connectivity index (χ4v) is 5.24. The molecule has 2 aromatic heterocycles. The van der Waals surface area contributed by atoms with Crippen molar-refractivity contribution in [2.75, 3.05) is 19.4 Å². The van der Waals surface area contributed by atoms with Crippen LogP contribution in [-0.2, 0) is 12.2 Å². The number of thiophene rings is 1. The molecule has 0 aliphatic heterocycles. The lowest BCUT2D eigenvalue weighted by Gasteiger charge is -2.33. The Kier molecular flexibility index (Phi) is 3.99. The van der Waals surface area contributed by atoms with Crippen molar-refractivity contribution < 1.29 is 10.2 Å². The third kappa shape index (κ3) is 2.69. The Bertz CT molecular complexity index is 750. The number of nitrogens with zero attached hydrogens (tertiary/aromatic N) is 3. The Labute approximate surface area is 145 Å². The summed E-state index contributed by atoms with van der Waals surface area (Å²) < 4.78 is 0. The molecule has 6 nitrogen and oxygen atoms in total. The molecule has 0 unspecified atom stereocenters. The van der Waals surface area contributed by atoms with E-state index in [1.165, 1.54) is 12.8 Å². The molecule has 0 amide bonds. The summed E-state index contributed by atoms with van der Waals surface area (Å²) in [6.07, 6.45) is 7.16. The predicted molar refractivity (Wildman–Crippen MR) is 95.2 cm³/mol. The number of fused-ring (bicyclic) bond motifs is 3. The maximum absolute atomic E-state index is 10.3. The molecule has 7 heteroatoms. The van der Waals surface area contributed by atoms with E-state index >= 15 is 0 Å². The zero-order valence-corrected chi connectivity index (χ0v) is 14.9. The highest BCUT2D eigenvalue weighted by atomic mass is 32.1. The molecule has 1 fully saturated rings. The van der Waals surface area contributed by atoms with Crippen LogP contribution in [0.15, 0.2) is 6.33 Å². The molecule has 1 saturated carbocycles. The quantitative estimate of drug-likeness (QED) is 0.737. The maximum atomic E-state index is 10.3. The number of hydrogen-bond donors (Lipinski definition) is 3. The monoisotopic (exact) mass is 348 g/mol. The third-order valence-electron chi connectivity index (χ3n) is 5.43. The number of hydrogen-bond acceptors (Lipinski definition) is 7. The van der Waals surface area contributed by atoms with Crippen LogP contribution in [0.25, 0.3) is 10.2 Å². The van der Waals surface area contributed by atoms with Crippen LogP contribution in [0.4, 0.5) is 5.82 Å². The molecule has 2 heterocycles. The number of aliphatic hydroxyl groups is 2. The highest BCUT2D eigenvalue weighted by molar-refractivity contribution is 7.19. The van der Waals surface area contributed by atoms with Crippen molar-refractivity contribution >= 4 is 27.4 Å². The zero-order valence-electron chi connectivity index (χ0n) is 14.1. The van der Waals surface area contributed by atoms with E-state index in [1.54, 1.807) is 17.7 Å². The first-order valence-corrected chi connectivity index (χ1v) is 9.42. The van der Waals surface area contributed by atoms with Crippen LogP contribution in [0, 0.1) is 0 Å². The van der Waals surface area contributed by atoms with Crippen molar-refractivity contribution in [3.05, 3.63) is 16.8 Å². The van der Waals surface area contributed by atoms with Crippen LogP contribution >= 0.6 is 11.3 Å². The molecule has 0 bridgehead atoms. The van der Waals surface area contributed by atoms with Gasteiger partial charge in [0, 0.05) is 28.9 Å². The Morgan fingerprint density at radius 3 is 2.67 bits per heavy atom. The van der Waals surface area contributed by atoms with Crippen molar-refractivity contribution in [2.24, 2.45) is 0 Å². The van der Waals surface area contributed by atoms with Crippen molar-refractivity contribution in [3.63, 3.8) is 0 Å². The fraction of sp³-hybridized carbons (Fsp3) is 0.647. The van der Waals surface area contributed by atoms with Crippen molar-refractivity contribution in [1.82, 2.24) is 14.9 Å². The van der Waals surface area contributed by atoms with Gasteiger partial charge in [0.2, 0.25) is 0 Å². The topological polar surface area (TPSA) is 81.5 Å². The van der Waals surface area contributed by atoms with Gasteiger partial charge in [-0.2, -0.15) is 0 Å². The lowest BCUT2D eigenvalue weighted by atomic mass is 9.90. The van der Waals surface area contributed by atoms with E-state index in [4.69, 9.17) is 0 Å². The van der Waals surface area contributed by atoms with Crippen LogP contribution < -0.4 is 5.32 Å². The van der Waals surface area contributed by atoms with Gasteiger partial charge in [-0.1, -0.05) is 0 Å². The highest BCUT2D eigenvalue weighted by Gasteiger charge is 2.39. The van der Waals surface area contributed by atoms with E-state index < -0.39 is 5.79 Å². The summed E-state index contributed by atoms with van der Waals surface area (Å²) >= 11 is 1.55. The SMILES string of the molecule is CN(C)C1CCC(Nc2ncnc3sc4c(c23)C(O)(O)CC4)CC1. The number of nitrogens with one attached hydrogen (secondary N) is 1. The summed E-state index contributed by atoms with van der Waals surface area (Å²) in [6, 6.07) is 1.03. The Morgan fingerprint density at radius 2 is 1.96 bits per heavy atom. The summed E-state index contributed by atoms with van der Waals surface area (Å²) in [7, 11) is 4.28. The van der Waals surface area contributed by atoms with Gasteiger partial charge in [-0.3, -0.25) is 0 Å². The minimum absolute atomic E-state index is 0.354. The van der Waals surface area contributed by atoms with E-state index in [2.05, 4.69) is 34.3 Å². The molecular weight excluding hydrogens is 324 g/mol. The normalized spacial score (nSPS) is 26.0. The van der Waals surface area contributed by atoms with Crippen molar-refractivity contribution in [1.29, 1.82) is 0 Å². The molecule has 0 saturated heterocycles. The third-order valence-corrected chi connectivity index (χ3v) is 6.59. The Morgan fingerprint density at radius 1 is 1.21 bits per heavy atom. The minimum atomic E-state index is -1.75. The largest absolute Gasteiger partial charge is 0.367 e. The van der Waals surface area contributed by atoms with E-state index in [0.717, 1.165) is 33.8 Å². The maximum Gasteiger partial charge on any atom is 0.191 e. The van der Waals surface area contributed by atoms with E-state index in [9.17, 15) is 10.2 Å². The molecule has 0 atom stereocenters. The Hall–Kier alpha value is -1.28. The average molecular weight is 348 g/mol. The van der Waals surface area contributed by atoms with Gasteiger partial charge >= 0.3 is 0 Å². The van der Waals surface area contributed by atoms with Crippen molar-refractivity contribution in [2.45, 2.75) is 56.4 Å². The standard InChI is InChI=1S/C17H24N4O2S/c1-21(2)11-5-3-10(4-6-11)20-15-13-14-12(7-8-17(14,22)23)24-16(13)19-9-18-15/h9-11,22-23H,3-8H2,1-2H3,(H,18,19,20). The second-order valence-electron chi connectivity index (χ2n) is 7.23. The van der Waals surface area contributed by atoms with Gasteiger partial charge in [0.1, 0.15) is 17.0 Å². The van der Waals surface area contributed by atoms with Gasteiger partial charge in [0.05, 0.1) is 5.39 Å². The van der Waals surface area contributed by atoms with Crippen LogP contribution in [0.2, 0.25) is 0 Å². The summed E-state index contributed by atoms with van der Waals surface area (Å²) in [5.74, 6) is -1.00. The van der Waals surface area contributed by atoms with Crippen LogP contribution in [0.3, 0.4) is 0 Å². The van der Waals surface area contributed by atoms with Crippen LogP contribution in [0.1, 0.15) is 42.5 Å². The van der Waals surface area contributed by atoms with Gasteiger partial charge in [-0.15, -0.1) is 11.3 Å². The molecular formula is C17H24N4O2S. The second-order valence-corrected chi connectivity index (χ2v) is 8.32. The van der Waals surface area contributed by atoms with Crippen LogP contribution in [0.5, 0.6) is 0 Å². The second kappa shape index (κ2) is 5.91. The van der Waals surface area contributed by atoms with E-state index in [-0.39, 0.29) is 0 Å². The lowest BCUT2D eigenvalue weighted by Crippen LogP contribution is -2.36. The number of anilines is 1. The fourth-order valence-electron chi connectivity index (χ4n) is 4.03. The van der Waals surface area contributed by atoms with Crippen LogP contribution in [-0.4, -0.2) is 51.3 Å². The minimum Gasteiger partial charge on any atom is -0.367 e. The molecule has 0 radical (unpaired) electrons. The molecule has 3 N–H and O–H groups in total. The molecule has 2 aromatic rings. The number of aromatic nitrogens is 2. The predicted octanol–water partition coefficient (Wildman–Crippen LogP) is 2.06. The Balaban J connectivity index is 1.62. The first-order valence-electron chi connectivity index (χ1n) is 8.60. The van der Waals surface area contributed by atoms with Gasteiger partial charge in [-0.05, 0) is 46.2 Å². The van der Waals surface area contributed by atoms with Gasteiger partial charge in [0.25, 0.3) is 0 Å². The molecule has 24 heavy (non-hydrogen) atoms. The molecule has 0 spiro atoms.